The zero-order valence-electron chi connectivity index (χ0n) is 16.1. The molecule has 0 spiro atoms. The Bertz CT molecular complexity index is 1120. The number of aryl methyl sites for hydroxylation is 2. The summed E-state index contributed by atoms with van der Waals surface area (Å²) in [6, 6.07) is 5.14. The van der Waals surface area contributed by atoms with Crippen LogP contribution in [0.2, 0.25) is 0 Å². The molecule has 146 valence electrons. The van der Waals surface area contributed by atoms with Crippen LogP contribution in [-0.2, 0) is 24.2 Å². The highest BCUT2D eigenvalue weighted by Gasteiger charge is 2.23. The molecule has 28 heavy (non-hydrogen) atoms. The van der Waals surface area contributed by atoms with Gasteiger partial charge in [0.1, 0.15) is 23.0 Å². The van der Waals surface area contributed by atoms with Crippen LogP contribution >= 0.6 is 11.3 Å². The number of carbonyl (C=O) groups is 1. The fourth-order valence-corrected chi connectivity index (χ4v) is 5.03. The fourth-order valence-electron chi connectivity index (χ4n) is 3.63. The number of methoxy groups -OCH3 is 1. The number of carbonyl (C=O) groups excluding carboxylic acids is 1. The second kappa shape index (κ2) is 7.39. The Morgan fingerprint density at radius 3 is 3.00 bits per heavy atom. The van der Waals surface area contributed by atoms with Gasteiger partial charge in [0, 0.05) is 4.88 Å². The summed E-state index contributed by atoms with van der Waals surface area (Å²) in [7, 11) is 1.56. The molecule has 0 radical (unpaired) electrons. The Morgan fingerprint density at radius 2 is 2.21 bits per heavy atom. The molecule has 0 aliphatic heterocycles. The summed E-state index contributed by atoms with van der Waals surface area (Å²) in [5.41, 5.74) is 2.32. The van der Waals surface area contributed by atoms with Crippen LogP contribution in [0.25, 0.3) is 10.2 Å². The summed E-state index contributed by atoms with van der Waals surface area (Å²) in [5, 5.41) is 0.699. The van der Waals surface area contributed by atoms with Crippen molar-refractivity contribution < 1.29 is 14.3 Å². The molecule has 1 aliphatic carbocycles. The van der Waals surface area contributed by atoms with Gasteiger partial charge in [0.2, 0.25) is 0 Å². The quantitative estimate of drug-likeness (QED) is 0.677. The predicted octanol–water partition coefficient (Wildman–Crippen LogP) is 3.78. The molecular formula is C21H22N2O4S. The van der Waals surface area contributed by atoms with E-state index in [1.807, 2.05) is 6.92 Å². The van der Waals surface area contributed by atoms with Crippen LogP contribution in [0, 0.1) is 12.8 Å². The van der Waals surface area contributed by atoms with E-state index >= 15 is 0 Å². The van der Waals surface area contributed by atoms with E-state index in [4.69, 9.17) is 9.47 Å². The Labute approximate surface area is 166 Å². The first-order chi connectivity index (χ1) is 13.5. The van der Waals surface area contributed by atoms with E-state index < -0.39 is 5.97 Å². The number of esters is 1. The lowest BCUT2D eigenvalue weighted by molar-refractivity contribution is 0.0462. The lowest BCUT2D eigenvalue weighted by atomic mass is 9.89. The van der Waals surface area contributed by atoms with E-state index in [1.54, 1.807) is 36.6 Å². The lowest BCUT2D eigenvalue weighted by Crippen LogP contribution is -2.16. The number of ether oxygens (including phenoxy) is 2. The fraction of sp³-hybridized carbons (Fsp3) is 0.381. The third-order valence-electron chi connectivity index (χ3n) is 5.20. The number of H-pyrrole nitrogens is 1. The van der Waals surface area contributed by atoms with E-state index in [-0.39, 0.29) is 12.2 Å². The zero-order chi connectivity index (χ0) is 19.8. The molecule has 2 heterocycles. The largest absolute Gasteiger partial charge is 0.496 e. The topological polar surface area (TPSA) is 81.3 Å². The van der Waals surface area contributed by atoms with Gasteiger partial charge in [-0.2, -0.15) is 0 Å². The Balaban J connectivity index is 1.55. The molecule has 3 aromatic rings. The highest BCUT2D eigenvalue weighted by Crippen LogP contribution is 2.35. The minimum absolute atomic E-state index is 0.0842. The predicted molar refractivity (Wildman–Crippen MR) is 108 cm³/mol. The molecule has 7 heteroatoms. The molecule has 0 saturated carbocycles. The molecule has 0 unspecified atom stereocenters. The molecule has 0 amide bonds. The average Bonchev–Trinajstić information content (AvgIpc) is 3.04. The van der Waals surface area contributed by atoms with Crippen LogP contribution in [0.3, 0.4) is 0 Å². The summed E-state index contributed by atoms with van der Waals surface area (Å²) < 4.78 is 10.6. The van der Waals surface area contributed by atoms with Crippen molar-refractivity contribution >= 4 is 27.5 Å². The van der Waals surface area contributed by atoms with Crippen LogP contribution in [0.1, 0.15) is 45.5 Å². The minimum Gasteiger partial charge on any atom is -0.496 e. The number of aromatic amines is 1. The molecule has 1 aromatic carbocycles. The highest BCUT2D eigenvalue weighted by atomic mass is 32.1. The monoisotopic (exact) mass is 398 g/mol. The van der Waals surface area contributed by atoms with Crippen LogP contribution in [0.4, 0.5) is 0 Å². The number of nitrogens with one attached hydrogen (secondary N) is 1. The third-order valence-corrected chi connectivity index (χ3v) is 6.35. The number of hydrogen-bond donors (Lipinski definition) is 1. The standard InChI is InChI=1S/C21H22N2O4S/c1-11-4-7-14-16(8-11)28-20-18(14)19(24)22-17(23-20)10-27-21(25)13-6-5-12(2)15(9-13)26-3/h5-6,9,11H,4,7-8,10H2,1-3H3,(H,22,23,24)/t11-/m0/s1. The molecule has 4 rings (SSSR count). The highest BCUT2D eigenvalue weighted by molar-refractivity contribution is 7.18. The number of nitrogens with zero attached hydrogens (tertiary/aromatic N) is 1. The van der Waals surface area contributed by atoms with Gasteiger partial charge < -0.3 is 14.5 Å². The molecule has 2 aromatic heterocycles. The first kappa shape index (κ1) is 18.7. The van der Waals surface area contributed by atoms with E-state index in [9.17, 15) is 9.59 Å². The van der Waals surface area contributed by atoms with E-state index in [0.29, 0.717) is 28.4 Å². The van der Waals surface area contributed by atoms with Crippen molar-refractivity contribution in [1.29, 1.82) is 0 Å². The maximum atomic E-state index is 12.6. The smallest absolute Gasteiger partial charge is 0.338 e. The van der Waals surface area contributed by atoms with Crippen molar-refractivity contribution in [1.82, 2.24) is 9.97 Å². The van der Waals surface area contributed by atoms with Gasteiger partial charge in [0.05, 0.1) is 18.1 Å². The molecule has 1 aliphatic rings. The maximum absolute atomic E-state index is 12.6. The molecule has 6 nitrogen and oxygen atoms in total. The van der Waals surface area contributed by atoms with Crippen molar-refractivity contribution in [2.45, 2.75) is 39.7 Å². The van der Waals surface area contributed by atoms with E-state index in [2.05, 4.69) is 16.9 Å². The Kier molecular flexibility index (Phi) is 4.93. The van der Waals surface area contributed by atoms with Crippen molar-refractivity contribution in [2.24, 2.45) is 5.92 Å². The van der Waals surface area contributed by atoms with Crippen LogP contribution in [-0.4, -0.2) is 23.0 Å². The van der Waals surface area contributed by atoms with Crippen LogP contribution in [0.5, 0.6) is 5.75 Å². The SMILES string of the molecule is COc1cc(C(=O)OCc2nc3sc4c(c3c(=O)[nH]2)CC[C@H](C)C4)ccc1C. The first-order valence-electron chi connectivity index (χ1n) is 9.31. The molecule has 1 N–H and O–H groups in total. The summed E-state index contributed by atoms with van der Waals surface area (Å²) in [5.74, 6) is 1.13. The number of rotatable bonds is 4. The average molecular weight is 398 g/mol. The van der Waals surface area contributed by atoms with E-state index in [0.717, 1.165) is 35.2 Å². The van der Waals surface area contributed by atoms with Gasteiger partial charge in [-0.25, -0.2) is 9.78 Å². The maximum Gasteiger partial charge on any atom is 0.338 e. The normalized spacial score (nSPS) is 16.0. The summed E-state index contributed by atoms with van der Waals surface area (Å²) in [4.78, 5) is 34.2. The van der Waals surface area contributed by atoms with Gasteiger partial charge in [0.15, 0.2) is 0 Å². The molecule has 0 bridgehead atoms. The second-order valence-electron chi connectivity index (χ2n) is 7.31. The number of thiophene rings is 1. The first-order valence-corrected chi connectivity index (χ1v) is 10.1. The Morgan fingerprint density at radius 1 is 1.39 bits per heavy atom. The van der Waals surface area contributed by atoms with Crippen LogP contribution in [0.15, 0.2) is 23.0 Å². The summed E-state index contributed by atoms with van der Waals surface area (Å²) >= 11 is 1.58. The number of hydrogen-bond acceptors (Lipinski definition) is 6. The van der Waals surface area contributed by atoms with Gasteiger partial charge in [-0.1, -0.05) is 13.0 Å². The summed E-state index contributed by atoms with van der Waals surface area (Å²) in [6.07, 6.45) is 3.01. The van der Waals surface area contributed by atoms with Gasteiger partial charge in [0.25, 0.3) is 5.56 Å². The van der Waals surface area contributed by atoms with Crippen LogP contribution < -0.4 is 10.3 Å². The van der Waals surface area contributed by atoms with E-state index in [1.165, 1.54) is 4.88 Å². The lowest BCUT2D eigenvalue weighted by Gasteiger charge is -2.17. The third kappa shape index (κ3) is 3.42. The molecule has 0 saturated heterocycles. The van der Waals surface area contributed by atoms with Gasteiger partial charge in [-0.15, -0.1) is 11.3 Å². The van der Waals surface area contributed by atoms with Gasteiger partial charge in [-0.3, -0.25) is 4.79 Å². The molecular weight excluding hydrogens is 376 g/mol. The molecule has 0 fully saturated rings. The second-order valence-corrected chi connectivity index (χ2v) is 8.39. The van der Waals surface area contributed by atoms with Crippen molar-refractivity contribution in [2.75, 3.05) is 7.11 Å². The summed E-state index contributed by atoms with van der Waals surface area (Å²) in [6.45, 7) is 4.05. The van der Waals surface area contributed by atoms with Crippen molar-refractivity contribution in [3.63, 3.8) is 0 Å². The number of aromatic nitrogens is 2. The minimum atomic E-state index is -0.486. The number of fused-ring (bicyclic) bond motifs is 3. The number of benzene rings is 1. The van der Waals surface area contributed by atoms with Gasteiger partial charge in [-0.05, 0) is 55.4 Å². The Hall–Kier alpha value is -2.67. The molecule has 1 atom stereocenters. The zero-order valence-corrected chi connectivity index (χ0v) is 16.9. The van der Waals surface area contributed by atoms with Crippen molar-refractivity contribution in [3.8, 4) is 5.75 Å². The van der Waals surface area contributed by atoms with Crippen molar-refractivity contribution in [3.05, 3.63) is 55.9 Å². The van der Waals surface area contributed by atoms with Gasteiger partial charge >= 0.3 is 5.97 Å².